The Kier molecular flexibility index (Phi) is 4.21. The van der Waals surface area contributed by atoms with E-state index in [1.54, 1.807) is 0 Å². The van der Waals surface area contributed by atoms with Crippen LogP contribution in [-0.4, -0.2) is 43.9 Å². The normalized spacial score (nSPS) is 31.5. The summed E-state index contributed by atoms with van der Waals surface area (Å²) in [6.45, 7) is 3.13. The Balaban J connectivity index is 1.74. The van der Waals surface area contributed by atoms with Crippen LogP contribution in [0.15, 0.2) is 30.3 Å². The molecule has 0 aliphatic carbocycles. The monoisotopic (exact) mass is 401 g/mol. The van der Waals surface area contributed by atoms with Crippen LogP contribution in [0.25, 0.3) is 0 Å². The van der Waals surface area contributed by atoms with Crippen molar-refractivity contribution < 1.29 is 18.7 Å². The van der Waals surface area contributed by atoms with Gasteiger partial charge in [0.15, 0.2) is 4.32 Å². The molecule has 2 heterocycles. The summed E-state index contributed by atoms with van der Waals surface area (Å²) >= 11 is 4.63. The van der Waals surface area contributed by atoms with Crippen molar-refractivity contribution >= 4 is 39.6 Å². The van der Waals surface area contributed by atoms with Crippen LogP contribution in [0.4, 0.5) is 4.39 Å². The SMILES string of the molecule is CC1(C)S[C@H]2N(C(=O)C2(Br)CF)[C@H]1C(=O)OCc1ccccc1. The number of carbonyl (C=O) groups is 2. The van der Waals surface area contributed by atoms with Gasteiger partial charge in [0.05, 0.1) is 0 Å². The lowest BCUT2D eigenvalue weighted by Gasteiger charge is -2.48. The van der Waals surface area contributed by atoms with E-state index >= 15 is 0 Å². The number of thioether (sulfide) groups is 1. The third-order valence-electron chi connectivity index (χ3n) is 4.23. The second-order valence-electron chi connectivity index (χ2n) is 6.28. The molecule has 3 rings (SSSR count). The van der Waals surface area contributed by atoms with Crippen LogP contribution >= 0.6 is 27.7 Å². The first kappa shape index (κ1) is 16.8. The number of benzene rings is 1. The molecule has 2 aliphatic heterocycles. The zero-order chi connectivity index (χ0) is 16.8. The average Bonchev–Trinajstić information content (AvgIpc) is 2.82. The number of ether oxygens (including phenoxy) is 1. The van der Waals surface area contributed by atoms with Crippen molar-refractivity contribution in [1.82, 2.24) is 4.90 Å². The summed E-state index contributed by atoms with van der Waals surface area (Å²) in [5.74, 6) is -0.833. The molecule has 1 aromatic carbocycles. The Labute approximate surface area is 146 Å². The first-order valence-electron chi connectivity index (χ1n) is 7.27. The van der Waals surface area contributed by atoms with E-state index in [9.17, 15) is 14.0 Å². The summed E-state index contributed by atoms with van der Waals surface area (Å²) in [4.78, 5) is 26.3. The van der Waals surface area contributed by atoms with E-state index in [2.05, 4.69) is 15.9 Å². The minimum absolute atomic E-state index is 0.159. The van der Waals surface area contributed by atoms with Gasteiger partial charge in [0.1, 0.15) is 24.7 Å². The molecule has 0 radical (unpaired) electrons. The fourth-order valence-corrected chi connectivity index (χ4v) is 5.30. The van der Waals surface area contributed by atoms with Gasteiger partial charge in [-0.3, -0.25) is 4.79 Å². The standard InChI is InChI=1S/C16H17BrFNO3S/c1-15(2)11(12(20)22-8-10-6-4-3-5-7-10)19-13(21)16(17,9-18)14(19)23-15/h3-7,11,14H,8-9H2,1-2H3/t11-,14+,16?/m0/s1. The Bertz CT molecular complexity index is 641. The molecule has 2 aliphatic rings. The van der Waals surface area contributed by atoms with Gasteiger partial charge < -0.3 is 9.64 Å². The highest BCUT2D eigenvalue weighted by molar-refractivity contribution is 9.10. The summed E-state index contributed by atoms with van der Waals surface area (Å²) in [5.41, 5.74) is 0.884. The molecule has 1 amide bonds. The Morgan fingerprint density at radius 1 is 1.39 bits per heavy atom. The number of β-lactam (4-membered cyclic amide) rings is 1. The smallest absolute Gasteiger partial charge is 0.330 e. The zero-order valence-corrected chi connectivity index (χ0v) is 15.2. The first-order valence-corrected chi connectivity index (χ1v) is 8.94. The van der Waals surface area contributed by atoms with Gasteiger partial charge in [-0.05, 0) is 19.4 Å². The van der Waals surface area contributed by atoms with E-state index in [-0.39, 0.29) is 17.9 Å². The van der Waals surface area contributed by atoms with Gasteiger partial charge in [0, 0.05) is 4.75 Å². The summed E-state index contributed by atoms with van der Waals surface area (Å²) in [7, 11) is 0. The number of nitrogens with zero attached hydrogens (tertiary/aromatic N) is 1. The van der Waals surface area contributed by atoms with Crippen molar-refractivity contribution in [3.8, 4) is 0 Å². The minimum atomic E-state index is -1.20. The van der Waals surface area contributed by atoms with E-state index < -0.39 is 27.8 Å². The number of esters is 1. The fourth-order valence-electron chi connectivity index (χ4n) is 3.00. The minimum Gasteiger partial charge on any atom is -0.459 e. The molecule has 0 aromatic heterocycles. The molecule has 4 nitrogen and oxygen atoms in total. The van der Waals surface area contributed by atoms with Crippen molar-refractivity contribution in [3.63, 3.8) is 0 Å². The first-order chi connectivity index (χ1) is 10.8. The van der Waals surface area contributed by atoms with Crippen LogP contribution in [0.3, 0.4) is 0 Å². The Morgan fingerprint density at radius 2 is 2.04 bits per heavy atom. The van der Waals surface area contributed by atoms with E-state index in [0.29, 0.717) is 0 Å². The lowest BCUT2D eigenvalue weighted by Crippen LogP contribution is -2.71. The lowest BCUT2D eigenvalue weighted by molar-refractivity contribution is -0.165. The molecular formula is C16H17BrFNO3S. The number of fused-ring (bicyclic) bond motifs is 1. The quantitative estimate of drug-likeness (QED) is 0.442. The predicted octanol–water partition coefficient (Wildman–Crippen LogP) is 2.90. The molecule has 23 heavy (non-hydrogen) atoms. The maximum absolute atomic E-state index is 13.2. The summed E-state index contributed by atoms with van der Waals surface area (Å²) in [6, 6.07) is 8.66. The van der Waals surface area contributed by atoms with Crippen molar-refractivity contribution in [3.05, 3.63) is 35.9 Å². The number of alkyl halides is 2. The van der Waals surface area contributed by atoms with Crippen LogP contribution in [0.2, 0.25) is 0 Å². The number of rotatable bonds is 4. The summed E-state index contributed by atoms with van der Waals surface area (Å²) < 4.78 is 16.9. The molecule has 2 fully saturated rings. The predicted molar refractivity (Wildman–Crippen MR) is 90.0 cm³/mol. The van der Waals surface area contributed by atoms with Crippen LogP contribution in [0, 0.1) is 0 Å². The number of amides is 1. The molecule has 124 valence electrons. The van der Waals surface area contributed by atoms with Crippen LogP contribution in [-0.2, 0) is 20.9 Å². The lowest BCUT2D eigenvalue weighted by atomic mass is 9.92. The largest absolute Gasteiger partial charge is 0.459 e. The van der Waals surface area contributed by atoms with Crippen molar-refractivity contribution in [2.24, 2.45) is 0 Å². The number of hydrogen-bond acceptors (Lipinski definition) is 4. The third-order valence-corrected chi connectivity index (χ3v) is 7.20. The Morgan fingerprint density at radius 3 is 2.65 bits per heavy atom. The van der Waals surface area contributed by atoms with Gasteiger partial charge in [-0.25, -0.2) is 9.18 Å². The fraction of sp³-hybridized carbons (Fsp3) is 0.500. The molecule has 0 bridgehead atoms. The van der Waals surface area contributed by atoms with Gasteiger partial charge in [-0.2, -0.15) is 0 Å². The molecule has 0 N–H and O–H groups in total. The maximum atomic E-state index is 13.2. The van der Waals surface area contributed by atoms with Crippen molar-refractivity contribution in [1.29, 1.82) is 0 Å². The van der Waals surface area contributed by atoms with E-state index in [1.165, 1.54) is 16.7 Å². The number of carbonyl (C=O) groups excluding carboxylic acids is 2. The molecule has 3 atom stereocenters. The van der Waals surface area contributed by atoms with E-state index in [1.807, 2.05) is 44.2 Å². The van der Waals surface area contributed by atoms with E-state index in [0.717, 1.165) is 5.56 Å². The van der Waals surface area contributed by atoms with Gasteiger partial charge in [0.25, 0.3) is 0 Å². The van der Waals surface area contributed by atoms with Crippen molar-refractivity contribution in [2.45, 2.75) is 40.9 Å². The average molecular weight is 402 g/mol. The summed E-state index contributed by atoms with van der Waals surface area (Å²) in [5, 5.41) is -0.385. The molecule has 7 heteroatoms. The molecule has 0 spiro atoms. The van der Waals surface area contributed by atoms with Gasteiger partial charge in [0.2, 0.25) is 5.91 Å². The highest BCUT2D eigenvalue weighted by atomic mass is 79.9. The molecular weight excluding hydrogens is 385 g/mol. The van der Waals surface area contributed by atoms with Gasteiger partial charge >= 0.3 is 5.97 Å². The van der Waals surface area contributed by atoms with Crippen LogP contribution in [0.1, 0.15) is 19.4 Å². The maximum Gasteiger partial charge on any atom is 0.330 e. The van der Waals surface area contributed by atoms with Gasteiger partial charge in [-0.1, -0.05) is 46.3 Å². The molecule has 1 aromatic rings. The van der Waals surface area contributed by atoms with Crippen molar-refractivity contribution in [2.75, 3.05) is 6.67 Å². The third kappa shape index (κ3) is 2.58. The second-order valence-corrected chi connectivity index (χ2v) is 9.43. The summed E-state index contributed by atoms with van der Waals surface area (Å²) in [6.07, 6.45) is 0. The zero-order valence-electron chi connectivity index (χ0n) is 12.8. The highest BCUT2D eigenvalue weighted by Gasteiger charge is 2.71. The molecule has 2 saturated heterocycles. The number of halogens is 2. The van der Waals surface area contributed by atoms with Gasteiger partial charge in [-0.15, -0.1) is 11.8 Å². The molecule has 1 unspecified atom stereocenters. The second kappa shape index (κ2) is 5.77. The topological polar surface area (TPSA) is 46.6 Å². The van der Waals surface area contributed by atoms with E-state index in [4.69, 9.17) is 4.74 Å². The highest BCUT2D eigenvalue weighted by Crippen LogP contribution is 2.58. The van der Waals surface area contributed by atoms with Crippen LogP contribution < -0.4 is 0 Å². The van der Waals surface area contributed by atoms with Crippen LogP contribution in [0.5, 0.6) is 0 Å². The molecule has 0 saturated carbocycles. The Hall–Kier alpha value is -1.08. The number of hydrogen-bond donors (Lipinski definition) is 0.